The number of halogens is 5. The monoisotopic (exact) mass is 405 g/mol. The number of hydrogen-bond donors (Lipinski definition) is 1. The second-order valence-corrected chi connectivity index (χ2v) is 6.49. The summed E-state index contributed by atoms with van der Waals surface area (Å²) in [5.74, 6) is -0.694. The summed E-state index contributed by atoms with van der Waals surface area (Å²) in [5, 5.41) is 1.22. The molecule has 0 aliphatic heterocycles. The van der Waals surface area contributed by atoms with Gasteiger partial charge in [-0.1, -0.05) is 15.9 Å². The van der Waals surface area contributed by atoms with E-state index in [2.05, 4.69) is 37.2 Å². The van der Waals surface area contributed by atoms with Gasteiger partial charge in [0.15, 0.2) is 0 Å². The number of hydrogen-bond acceptors (Lipinski definition) is 2. The van der Waals surface area contributed by atoms with Crippen molar-refractivity contribution in [2.45, 2.75) is 17.7 Å². The van der Waals surface area contributed by atoms with Crippen LogP contribution in [0.5, 0.6) is 0 Å². The van der Waals surface area contributed by atoms with Crippen molar-refractivity contribution in [1.29, 1.82) is 0 Å². The maximum absolute atomic E-state index is 12.1. The van der Waals surface area contributed by atoms with Gasteiger partial charge in [-0.2, -0.15) is 13.2 Å². The van der Waals surface area contributed by atoms with E-state index in [1.807, 2.05) is 0 Å². The molecule has 0 radical (unpaired) electrons. The number of rotatable bonds is 3. The Hall–Kier alpha value is -0.210. The third-order valence-corrected chi connectivity index (χ3v) is 3.85. The van der Waals surface area contributed by atoms with Crippen LogP contribution in [0, 0.1) is 0 Å². The lowest BCUT2D eigenvalue weighted by Crippen LogP contribution is -2.25. The van der Waals surface area contributed by atoms with Crippen LogP contribution in [-0.4, -0.2) is 16.7 Å². The molecule has 100 valence electrons. The van der Waals surface area contributed by atoms with Crippen LogP contribution >= 0.6 is 43.6 Å². The first kappa shape index (κ1) is 15.8. The van der Waals surface area contributed by atoms with Gasteiger partial charge in [-0.15, -0.1) is 0 Å². The van der Waals surface area contributed by atoms with E-state index >= 15 is 0 Å². The fraction of sp³-hybridized carbons (Fsp3) is 0.300. The molecule has 0 spiro atoms. The number of carbonyl (C=O) groups excluding carboxylic acids is 1. The Morgan fingerprint density at radius 1 is 1.39 bits per heavy atom. The van der Waals surface area contributed by atoms with Crippen LogP contribution in [0.25, 0.3) is 0 Å². The van der Waals surface area contributed by atoms with Gasteiger partial charge in [0.1, 0.15) is 0 Å². The molecule has 0 aliphatic rings. The third-order valence-electron chi connectivity index (χ3n) is 1.87. The predicted molar refractivity (Wildman–Crippen MR) is 73.6 cm³/mol. The number of alkyl halides is 3. The molecule has 1 aromatic rings. The van der Waals surface area contributed by atoms with Crippen molar-refractivity contribution in [2.75, 3.05) is 5.32 Å². The van der Waals surface area contributed by atoms with E-state index in [4.69, 9.17) is 0 Å². The smallest absolute Gasteiger partial charge is 0.324 e. The summed E-state index contributed by atoms with van der Waals surface area (Å²) in [6.45, 7) is 1.21. The van der Waals surface area contributed by atoms with E-state index in [-0.39, 0.29) is 11.8 Å². The maximum atomic E-state index is 12.1. The van der Waals surface area contributed by atoms with Gasteiger partial charge in [-0.3, -0.25) is 4.79 Å². The molecule has 0 fully saturated rings. The van der Waals surface area contributed by atoms with Crippen molar-refractivity contribution in [2.24, 2.45) is 0 Å². The molecule has 0 bridgehead atoms. The predicted octanol–water partition coefficient (Wildman–Crippen LogP) is 4.79. The first-order valence-corrected chi connectivity index (χ1v) is 7.16. The van der Waals surface area contributed by atoms with Crippen molar-refractivity contribution in [3.63, 3.8) is 0 Å². The summed E-state index contributed by atoms with van der Waals surface area (Å²) >= 11 is 6.10. The van der Waals surface area contributed by atoms with Gasteiger partial charge in [0.05, 0.1) is 10.9 Å². The highest BCUT2D eigenvalue weighted by atomic mass is 79.9. The molecule has 0 saturated heterocycles. The molecule has 8 heteroatoms. The van der Waals surface area contributed by atoms with E-state index in [1.54, 1.807) is 18.2 Å². The molecule has 0 aliphatic carbocycles. The molecule has 18 heavy (non-hydrogen) atoms. The van der Waals surface area contributed by atoms with Crippen LogP contribution in [0.4, 0.5) is 18.9 Å². The lowest BCUT2D eigenvalue weighted by Gasteiger charge is -2.14. The van der Waals surface area contributed by atoms with Gasteiger partial charge in [-0.25, -0.2) is 0 Å². The molecule has 1 amide bonds. The Morgan fingerprint density at radius 3 is 2.50 bits per heavy atom. The average molecular weight is 407 g/mol. The third kappa shape index (κ3) is 5.19. The minimum Gasteiger partial charge on any atom is -0.324 e. The van der Waals surface area contributed by atoms with Gasteiger partial charge < -0.3 is 5.32 Å². The topological polar surface area (TPSA) is 29.1 Å². The van der Waals surface area contributed by atoms with Crippen LogP contribution in [0.3, 0.4) is 0 Å². The Kier molecular flexibility index (Phi) is 5.54. The Bertz CT molecular complexity index is 453. The zero-order chi connectivity index (χ0) is 13.9. The molecule has 1 atom stereocenters. The number of anilines is 1. The van der Waals surface area contributed by atoms with Crippen molar-refractivity contribution >= 4 is 55.2 Å². The van der Waals surface area contributed by atoms with E-state index < -0.39 is 16.7 Å². The number of benzene rings is 1. The van der Waals surface area contributed by atoms with Crippen molar-refractivity contribution in [3.05, 3.63) is 27.1 Å². The van der Waals surface area contributed by atoms with E-state index in [9.17, 15) is 18.0 Å². The zero-order valence-electron chi connectivity index (χ0n) is 9.02. The molecular formula is C10H8Br2F3NOS. The van der Waals surface area contributed by atoms with Gasteiger partial charge in [0.2, 0.25) is 5.91 Å². The molecule has 0 aromatic heterocycles. The Morgan fingerprint density at radius 2 is 2.00 bits per heavy atom. The molecule has 0 heterocycles. The normalized spacial score (nSPS) is 13.2. The second kappa shape index (κ2) is 6.29. The first-order chi connectivity index (χ1) is 8.19. The highest BCUT2D eigenvalue weighted by Gasteiger charge is 2.34. The first-order valence-electron chi connectivity index (χ1n) is 4.69. The molecular weight excluding hydrogens is 399 g/mol. The van der Waals surface area contributed by atoms with Crippen LogP contribution in [0.1, 0.15) is 6.92 Å². The number of thioether (sulfide) groups is 1. The van der Waals surface area contributed by atoms with Crippen LogP contribution in [0.15, 0.2) is 27.1 Å². The fourth-order valence-electron chi connectivity index (χ4n) is 1.08. The van der Waals surface area contributed by atoms with Gasteiger partial charge in [0.25, 0.3) is 0 Å². The standard InChI is InChI=1S/C10H8Br2F3NOS/c1-5(18-10(13,14)15)9(17)16-8-3-2-6(11)4-7(8)12/h2-5H,1H3,(H,16,17). The average Bonchev–Trinajstić information content (AvgIpc) is 2.19. The Balaban J connectivity index is 2.70. The van der Waals surface area contributed by atoms with Crippen LogP contribution < -0.4 is 5.32 Å². The number of nitrogens with one attached hydrogen (secondary N) is 1. The minimum atomic E-state index is -4.42. The highest BCUT2D eigenvalue weighted by molar-refractivity contribution is 9.11. The molecule has 1 rings (SSSR count). The second-order valence-electron chi connectivity index (χ2n) is 3.32. The Labute approximate surface area is 123 Å². The van der Waals surface area contributed by atoms with Crippen molar-refractivity contribution < 1.29 is 18.0 Å². The minimum absolute atomic E-state index is 0.344. The van der Waals surface area contributed by atoms with Crippen LogP contribution in [-0.2, 0) is 4.79 Å². The van der Waals surface area contributed by atoms with Gasteiger partial charge in [0, 0.05) is 8.95 Å². The van der Waals surface area contributed by atoms with Crippen LogP contribution in [0.2, 0.25) is 0 Å². The zero-order valence-corrected chi connectivity index (χ0v) is 13.0. The van der Waals surface area contributed by atoms with E-state index in [1.165, 1.54) is 6.92 Å². The summed E-state index contributed by atoms with van der Waals surface area (Å²) in [6, 6.07) is 4.97. The summed E-state index contributed by atoms with van der Waals surface area (Å²) in [4.78, 5) is 11.6. The fourth-order valence-corrected chi connectivity index (χ4v) is 2.79. The molecule has 1 unspecified atom stereocenters. The van der Waals surface area contributed by atoms with Crippen molar-refractivity contribution in [3.8, 4) is 0 Å². The SMILES string of the molecule is CC(SC(F)(F)F)C(=O)Nc1ccc(Br)cc1Br. The molecule has 1 N–H and O–H groups in total. The number of amides is 1. The van der Waals surface area contributed by atoms with E-state index in [0.29, 0.717) is 10.2 Å². The van der Waals surface area contributed by atoms with E-state index in [0.717, 1.165) is 4.47 Å². The van der Waals surface area contributed by atoms with Crippen molar-refractivity contribution in [1.82, 2.24) is 0 Å². The molecule has 2 nitrogen and oxygen atoms in total. The molecule has 0 saturated carbocycles. The van der Waals surface area contributed by atoms with Gasteiger partial charge >= 0.3 is 5.51 Å². The quantitative estimate of drug-likeness (QED) is 0.781. The lowest BCUT2D eigenvalue weighted by molar-refractivity contribution is -0.115. The summed E-state index contributed by atoms with van der Waals surface area (Å²) < 4.78 is 37.7. The summed E-state index contributed by atoms with van der Waals surface area (Å²) in [7, 11) is 0. The summed E-state index contributed by atoms with van der Waals surface area (Å²) in [5.41, 5.74) is -3.99. The lowest BCUT2D eigenvalue weighted by atomic mass is 10.3. The summed E-state index contributed by atoms with van der Waals surface area (Å²) in [6.07, 6.45) is 0. The highest BCUT2D eigenvalue weighted by Crippen LogP contribution is 2.34. The largest absolute Gasteiger partial charge is 0.442 e. The number of carbonyl (C=O) groups is 1. The molecule has 1 aromatic carbocycles. The van der Waals surface area contributed by atoms with Gasteiger partial charge in [-0.05, 0) is 52.8 Å². The maximum Gasteiger partial charge on any atom is 0.442 e.